The maximum Gasteiger partial charge on any atom is 0.169 e. The molecule has 0 radical (unpaired) electrons. The molecule has 72 valence electrons. The molecule has 3 heteroatoms. The summed E-state index contributed by atoms with van der Waals surface area (Å²) in [5, 5.41) is 4.05. The third-order valence-corrected chi connectivity index (χ3v) is 2.56. The van der Waals surface area contributed by atoms with E-state index in [-0.39, 0.29) is 11.7 Å². The van der Waals surface area contributed by atoms with Gasteiger partial charge in [-0.05, 0) is 13.3 Å². The van der Waals surface area contributed by atoms with Gasteiger partial charge in [0.1, 0.15) is 0 Å². The number of ketones is 1. The van der Waals surface area contributed by atoms with E-state index >= 15 is 0 Å². The molecule has 1 aromatic heterocycles. The van der Waals surface area contributed by atoms with Crippen LogP contribution < -0.4 is 0 Å². The predicted octanol–water partition coefficient (Wildman–Crippen LogP) is 1.96. The molecule has 1 unspecified atom stereocenters. The lowest BCUT2D eigenvalue weighted by Gasteiger charge is -2.05. The van der Waals surface area contributed by atoms with E-state index in [1.807, 2.05) is 27.8 Å². The first-order valence-electron chi connectivity index (χ1n) is 4.60. The van der Waals surface area contributed by atoms with Crippen molar-refractivity contribution in [2.24, 2.45) is 13.0 Å². The molecule has 13 heavy (non-hydrogen) atoms. The number of carbonyl (C=O) groups excluding carboxylic acids is 1. The fraction of sp³-hybridized carbons (Fsp3) is 0.600. The Bertz CT molecular complexity index is 315. The Kier molecular flexibility index (Phi) is 2.86. The summed E-state index contributed by atoms with van der Waals surface area (Å²) in [6.45, 7) is 5.89. The van der Waals surface area contributed by atoms with E-state index in [4.69, 9.17) is 0 Å². The molecule has 0 fully saturated rings. The number of Topliss-reactive ketones (excluding diaryl/α,β-unsaturated/α-hetero) is 1. The third kappa shape index (κ3) is 1.79. The van der Waals surface area contributed by atoms with Crippen LogP contribution in [0.25, 0.3) is 0 Å². The smallest absolute Gasteiger partial charge is 0.169 e. The van der Waals surface area contributed by atoms with Crippen molar-refractivity contribution in [2.45, 2.75) is 27.2 Å². The molecule has 1 rings (SSSR count). The van der Waals surface area contributed by atoms with Gasteiger partial charge in [-0.1, -0.05) is 13.8 Å². The molecule has 1 heterocycles. The Labute approximate surface area is 78.8 Å². The maximum absolute atomic E-state index is 11.8. The van der Waals surface area contributed by atoms with Crippen molar-refractivity contribution in [2.75, 3.05) is 0 Å². The van der Waals surface area contributed by atoms with Crippen LogP contribution >= 0.6 is 0 Å². The molecule has 0 aliphatic carbocycles. The standard InChI is InChI=1S/C10H16N2O/c1-5-7(2)10(13)9-6-11-12(4)8(9)3/h6-7H,5H2,1-4H3. The van der Waals surface area contributed by atoms with Crippen LogP contribution in [0.4, 0.5) is 0 Å². The molecular formula is C10H16N2O. The van der Waals surface area contributed by atoms with E-state index in [2.05, 4.69) is 5.10 Å². The van der Waals surface area contributed by atoms with Crippen molar-refractivity contribution in [3.8, 4) is 0 Å². The largest absolute Gasteiger partial charge is 0.294 e. The molecule has 0 saturated carbocycles. The highest BCUT2D eigenvalue weighted by atomic mass is 16.1. The van der Waals surface area contributed by atoms with Crippen LogP contribution in [-0.2, 0) is 7.05 Å². The number of nitrogens with zero attached hydrogens (tertiary/aromatic N) is 2. The lowest BCUT2D eigenvalue weighted by atomic mass is 9.98. The number of rotatable bonds is 3. The Morgan fingerprint density at radius 3 is 2.69 bits per heavy atom. The van der Waals surface area contributed by atoms with Gasteiger partial charge in [0.2, 0.25) is 0 Å². The molecule has 0 spiro atoms. The molecule has 0 saturated heterocycles. The predicted molar refractivity (Wildman–Crippen MR) is 51.7 cm³/mol. The maximum atomic E-state index is 11.8. The third-order valence-electron chi connectivity index (χ3n) is 2.56. The van der Waals surface area contributed by atoms with Gasteiger partial charge < -0.3 is 0 Å². The van der Waals surface area contributed by atoms with E-state index in [1.165, 1.54) is 0 Å². The minimum atomic E-state index is 0.0999. The molecule has 0 amide bonds. The summed E-state index contributed by atoms with van der Waals surface area (Å²) in [4.78, 5) is 11.8. The van der Waals surface area contributed by atoms with Gasteiger partial charge in [0, 0.05) is 18.7 Å². The molecule has 1 aromatic rings. The zero-order valence-corrected chi connectivity index (χ0v) is 8.66. The molecule has 3 nitrogen and oxygen atoms in total. The molecule has 0 bridgehead atoms. The van der Waals surface area contributed by atoms with Crippen LogP contribution in [0.2, 0.25) is 0 Å². The van der Waals surface area contributed by atoms with E-state index in [9.17, 15) is 4.79 Å². The number of carbonyl (C=O) groups is 1. The van der Waals surface area contributed by atoms with Gasteiger partial charge in [-0.3, -0.25) is 9.48 Å². The highest BCUT2D eigenvalue weighted by Gasteiger charge is 2.17. The second-order valence-electron chi connectivity index (χ2n) is 3.44. The van der Waals surface area contributed by atoms with Crippen molar-refractivity contribution in [1.29, 1.82) is 0 Å². The molecule has 1 atom stereocenters. The highest BCUT2D eigenvalue weighted by molar-refractivity contribution is 5.98. The van der Waals surface area contributed by atoms with Gasteiger partial charge in [0.15, 0.2) is 5.78 Å². The van der Waals surface area contributed by atoms with Crippen LogP contribution in [-0.4, -0.2) is 15.6 Å². The van der Waals surface area contributed by atoms with Crippen molar-refractivity contribution >= 4 is 5.78 Å². The van der Waals surface area contributed by atoms with Crippen molar-refractivity contribution in [1.82, 2.24) is 9.78 Å². The summed E-state index contributed by atoms with van der Waals surface area (Å²) >= 11 is 0. The van der Waals surface area contributed by atoms with Crippen molar-refractivity contribution in [3.05, 3.63) is 17.5 Å². The van der Waals surface area contributed by atoms with Gasteiger partial charge in [-0.25, -0.2) is 0 Å². The summed E-state index contributed by atoms with van der Waals surface area (Å²) in [6, 6.07) is 0. The Balaban J connectivity index is 2.95. The van der Waals surface area contributed by atoms with Crippen LogP contribution in [0, 0.1) is 12.8 Å². The molecular weight excluding hydrogens is 164 g/mol. The van der Waals surface area contributed by atoms with Gasteiger partial charge in [0.05, 0.1) is 11.8 Å². The SMILES string of the molecule is CCC(C)C(=O)c1cnn(C)c1C. The zero-order chi connectivity index (χ0) is 10.0. The fourth-order valence-corrected chi connectivity index (χ4v) is 1.19. The lowest BCUT2D eigenvalue weighted by Crippen LogP contribution is -2.11. The van der Waals surface area contributed by atoms with Crippen molar-refractivity contribution in [3.63, 3.8) is 0 Å². The quantitative estimate of drug-likeness (QED) is 0.666. The zero-order valence-electron chi connectivity index (χ0n) is 8.66. The van der Waals surface area contributed by atoms with Crippen LogP contribution in [0.5, 0.6) is 0 Å². The van der Waals surface area contributed by atoms with Gasteiger partial charge in [-0.15, -0.1) is 0 Å². The molecule has 0 aliphatic rings. The molecule has 0 N–H and O–H groups in total. The topological polar surface area (TPSA) is 34.9 Å². The molecule has 0 aliphatic heterocycles. The summed E-state index contributed by atoms with van der Waals surface area (Å²) < 4.78 is 1.73. The number of aromatic nitrogens is 2. The summed E-state index contributed by atoms with van der Waals surface area (Å²) in [5.41, 5.74) is 1.71. The lowest BCUT2D eigenvalue weighted by molar-refractivity contribution is 0.0926. The first-order chi connectivity index (χ1) is 6.07. The van der Waals surface area contributed by atoms with E-state index < -0.39 is 0 Å². The Hall–Kier alpha value is -1.12. The summed E-state index contributed by atoms with van der Waals surface area (Å²) in [6.07, 6.45) is 2.54. The van der Waals surface area contributed by atoms with Gasteiger partial charge >= 0.3 is 0 Å². The Morgan fingerprint density at radius 1 is 1.69 bits per heavy atom. The second kappa shape index (κ2) is 3.73. The summed E-state index contributed by atoms with van der Waals surface area (Å²) in [5.74, 6) is 0.302. The summed E-state index contributed by atoms with van der Waals surface area (Å²) in [7, 11) is 1.85. The van der Waals surface area contributed by atoms with Crippen LogP contribution in [0.15, 0.2) is 6.20 Å². The van der Waals surface area contributed by atoms with Crippen molar-refractivity contribution < 1.29 is 4.79 Å². The molecule has 0 aromatic carbocycles. The van der Waals surface area contributed by atoms with E-state index in [0.29, 0.717) is 0 Å². The monoisotopic (exact) mass is 180 g/mol. The first-order valence-corrected chi connectivity index (χ1v) is 4.60. The second-order valence-corrected chi connectivity index (χ2v) is 3.44. The minimum absolute atomic E-state index is 0.0999. The fourth-order valence-electron chi connectivity index (χ4n) is 1.19. The van der Waals surface area contributed by atoms with Gasteiger partial charge in [0.25, 0.3) is 0 Å². The van der Waals surface area contributed by atoms with E-state index in [1.54, 1.807) is 10.9 Å². The normalized spacial score (nSPS) is 12.9. The minimum Gasteiger partial charge on any atom is -0.294 e. The average Bonchev–Trinajstić information content (AvgIpc) is 2.45. The number of hydrogen-bond donors (Lipinski definition) is 0. The van der Waals surface area contributed by atoms with Crippen LogP contribution in [0.1, 0.15) is 36.3 Å². The first kappa shape index (κ1) is 9.96. The number of aryl methyl sites for hydroxylation is 1. The highest BCUT2D eigenvalue weighted by Crippen LogP contribution is 2.14. The van der Waals surface area contributed by atoms with Crippen LogP contribution in [0.3, 0.4) is 0 Å². The number of hydrogen-bond acceptors (Lipinski definition) is 2. The van der Waals surface area contributed by atoms with E-state index in [0.717, 1.165) is 17.7 Å². The average molecular weight is 180 g/mol. The Morgan fingerprint density at radius 2 is 2.31 bits per heavy atom. The van der Waals surface area contributed by atoms with Gasteiger partial charge in [-0.2, -0.15) is 5.10 Å².